The second kappa shape index (κ2) is 6.54. The van der Waals surface area contributed by atoms with Crippen LogP contribution >= 0.6 is 0 Å². The van der Waals surface area contributed by atoms with Crippen molar-refractivity contribution < 1.29 is 0 Å². The summed E-state index contributed by atoms with van der Waals surface area (Å²) in [6.45, 7) is 4.60. The third-order valence-electron chi connectivity index (χ3n) is 6.33. The highest BCUT2D eigenvalue weighted by molar-refractivity contribution is 5.85. The molecule has 0 atom stereocenters. The molecule has 0 spiro atoms. The van der Waals surface area contributed by atoms with Crippen molar-refractivity contribution in [3.05, 3.63) is 109 Å². The number of imidazole rings is 1. The highest BCUT2D eigenvalue weighted by Gasteiger charge is 2.36. The lowest BCUT2D eigenvalue weighted by Crippen LogP contribution is -2.30. The Labute approximate surface area is 181 Å². The monoisotopic (exact) mass is 402 g/mol. The van der Waals surface area contributed by atoms with Crippen molar-refractivity contribution >= 4 is 28.1 Å². The molecular formula is C27H22N4. The Balaban J connectivity index is 1.50. The number of fused-ring (bicyclic) bond motifs is 3. The van der Waals surface area contributed by atoms with Gasteiger partial charge >= 0.3 is 0 Å². The maximum absolute atomic E-state index is 4.81. The van der Waals surface area contributed by atoms with E-state index in [1.165, 1.54) is 22.5 Å². The Hall–Kier alpha value is -3.92. The van der Waals surface area contributed by atoms with E-state index in [1.807, 2.05) is 35.3 Å². The van der Waals surface area contributed by atoms with Gasteiger partial charge in [0.05, 0.1) is 34.3 Å². The number of anilines is 3. The second-order valence-corrected chi connectivity index (χ2v) is 8.47. The largest absolute Gasteiger partial charge is 0.308 e. The number of rotatable bonds is 2. The zero-order chi connectivity index (χ0) is 21.0. The second-order valence-electron chi connectivity index (χ2n) is 8.47. The van der Waals surface area contributed by atoms with Crippen LogP contribution in [0.25, 0.3) is 16.9 Å². The highest BCUT2D eigenvalue weighted by atomic mass is 15.2. The highest BCUT2D eigenvalue weighted by Crippen LogP contribution is 2.51. The fourth-order valence-corrected chi connectivity index (χ4v) is 4.74. The van der Waals surface area contributed by atoms with Gasteiger partial charge in [-0.15, -0.1) is 0 Å². The predicted octanol–water partition coefficient (Wildman–Crippen LogP) is 6.53. The molecule has 3 aromatic carbocycles. The molecule has 31 heavy (non-hydrogen) atoms. The van der Waals surface area contributed by atoms with Gasteiger partial charge in [-0.2, -0.15) is 0 Å². The molecule has 1 aliphatic rings. The maximum atomic E-state index is 4.81. The first-order valence-electron chi connectivity index (χ1n) is 10.5. The van der Waals surface area contributed by atoms with Gasteiger partial charge in [-0.25, -0.2) is 9.97 Å². The van der Waals surface area contributed by atoms with E-state index < -0.39 is 0 Å². The van der Waals surface area contributed by atoms with Gasteiger partial charge in [0.25, 0.3) is 0 Å². The molecular weight excluding hydrogens is 380 g/mol. The van der Waals surface area contributed by atoms with Crippen molar-refractivity contribution in [3.63, 3.8) is 0 Å². The molecule has 3 heterocycles. The average Bonchev–Trinajstić information content (AvgIpc) is 3.24. The summed E-state index contributed by atoms with van der Waals surface area (Å²) in [5.74, 6) is 0.858. The van der Waals surface area contributed by atoms with Gasteiger partial charge in [-0.1, -0.05) is 62.4 Å². The zero-order valence-electron chi connectivity index (χ0n) is 17.5. The van der Waals surface area contributed by atoms with Gasteiger partial charge in [0.2, 0.25) is 0 Å². The van der Waals surface area contributed by atoms with Crippen LogP contribution in [0.2, 0.25) is 0 Å². The first-order chi connectivity index (χ1) is 15.1. The van der Waals surface area contributed by atoms with E-state index in [-0.39, 0.29) is 5.41 Å². The molecule has 150 valence electrons. The molecule has 0 radical (unpaired) electrons. The summed E-state index contributed by atoms with van der Waals surface area (Å²) in [6, 6.07) is 29.6. The predicted molar refractivity (Wildman–Crippen MR) is 126 cm³/mol. The van der Waals surface area contributed by atoms with Gasteiger partial charge in [0.1, 0.15) is 12.1 Å². The summed E-state index contributed by atoms with van der Waals surface area (Å²) in [5.41, 5.74) is 8.04. The lowest BCUT2D eigenvalue weighted by atomic mass is 9.73. The van der Waals surface area contributed by atoms with Crippen LogP contribution in [0, 0.1) is 0 Å². The lowest BCUT2D eigenvalue weighted by Gasteiger charge is -2.41. The smallest absolute Gasteiger partial charge is 0.138 e. The number of benzene rings is 3. The molecule has 4 nitrogen and oxygen atoms in total. The SMILES string of the molecule is CC1(C)c2ccccc2N(c2ccc(-n3cnc4ccccc43)nc2)c2ccccc21. The van der Waals surface area contributed by atoms with Gasteiger partial charge < -0.3 is 4.90 Å². The van der Waals surface area contributed by atoms with E-state index in [1.54, 1.807) is 0 Å². The van der Waals surface area contributed by atoms with Gasteiger partial charge in [-0.3, -0.25) is 4.57 Å². The van der Waals surface area contributed by atoms with E-state index in [4.69, 9.17) is 4.98 Å². The van der Waals surface area contributed by atoms with Crippen LogP contribution < -0.4 is 4.90 Å². The van der Waals surface area contributed by atoms with Gasteiger partial charge in [0, 0.05) is 5.41 Å². The summed E-state index contributed by atoms with van der Waals surface area (Å²) >= 11 is 0. The fraction of sp³-hybridized carbons (Fsp3) is 0.111. The maximum Gasteiger partial charge on any atom is 0.138 e. The molecule has 4 heteroatoms. The number of para-hydroxylation sites is 4. The third kappa shape index (κ3) is 2.61. The summed E-state index contributed by atoms with van der Waals surface area (Å²) < 4.78 is 2.03. The molecule has 0 aliphatic carbocycles. The summed E-state index contributed by atoms with van der Waals surface area (Å²) in [5, 5.41) is 0. The molecule has 0 saturated heterocycles. The zero-order valence-corrected chi connectivity index (χ0v) is 17.5. The summed E-state index contributed by atoms with van der Waals surface area (Å²) in [4.78, 5) is 11.6. The molecule has 6 rings (SSSR count). The number of pyridine rings is 1. The van der Waals surface area contributed by atoms with E-state index in [0.29, 0.717) is 0 Å². The van der Waals surface area contributed by atoms with Crippen molar-refractivity contribution in [2.45, 2.75) is 19.3 Å². The quantitative estimate of drug-likeness (QED) is 0.337. The van der Waals surface area contributed by atoms with Crippen LogP contribution in [-0.4, -0.2) is 14.5 Å². The van der Waals surface area contributed by atoms with Crippen molar-refractivity contribution in [2.24, 2.45) is 0 Å². The Morgan fingerprint density at radius 1 is 0.677 bits per heavy atom. The average molecular weight is 403 g/mol. The fourth-order valence-electron chi connectivity index (χ4n) is 4.74. The Bertz CT molecular complexity index is 1360. The molecule has 5 aromatic rings. The third-order valence-corrected chi connectivity index (χ3v) is 6.33. The van der Waals surface area contributed by atoms with Gasteiger partial charge in [0.15, 0.2) is 0 Å². The first kappa shape index (κ1) is 17.9. The molecule has 0 fully saturated rings. The van der Waals surface area contributed by atoms with E-state index in [9.17, 15) is 0 Å². The first-order valence-corrected chi connectivity index (χ1v) is 10.5. The molecule has 0 saturated carbocycles. The number of aromatic nitrogens is 3. The molecule has 0 unspecified atom stereocenters. The minimum absolute atomic E-state index is 0.0627. The molecule has 2 aromatic heterocycles. The van der Waals surface area contributed by atoms with Crippen LogP contribution in [0.1, 0.15) is 25.0 Å². The van der Waals surface area contributed by atoms with Crippen LogP contribution in [0.3, 0.4) is 0 Å². The minimum atomic E-state index is -0.0627. The minimum Gasteiger partial charge on any atom is -0.308 e. The Kier molecular flexibility index (Phi) is 3.78. The number of nitrogens with zero attached hydrogens (tertiary/aromatic N) is 4. The van der Waals surface area contributed by atoms with Crippen molar-refractivity contribution in [2.75, 3.05) is 4.90 Å². The van der Waals surface area contributed by atoms with Crippen molar-refractivity contribution in [3.8, 4) is 5.82 Å². The normalized spacial score (nSPS) is 14.3. The summed E-state index contributed by atoms with van der Waals surface area (Å²) in [6.07, 6.45) is 3.79. The standard InChI is InChI=1S/C27H22N4/c1-27(2)20-9-3-6-12-23(20)31(24-13-7-4-10-21(24)27)19-15-16-26(28-17-19)30-18-29-22-11-5-8-14-25(22)30/h3-18H,1-2H3. The molecule has 0 amide bonds. The Morgan fingerprint density at radius 2 is 1.32 bits per heavy atom. The summed E-state index contributed by atoms with van der Waals surface area (Å²) in [7, 11) is 0. The van der Waals surface area contributed by atoms with Crippen molar-refractivity contribution in [1.29, 1.82) is 0 Å². The van der Waals surface area contributed by atoms with E-state index >= 15 is 0 Å². The molecule has 0 N–H and O–H groups in total. The van der Waals surface area contributed by atoms with E-state index in [0.717, 1.165) is 22.5 Å². The van der Waals surface area contributed by atoms with Gasteiger partial charge in [-0.05, 0) is 47.5 Å². The van der Waals surface area contributed by atoms with E-state index in [2.05, 4.69) is 90.5 Å². The van der Waals surface area contributed by atoms with Crippen LogP contribution in [0.5, 0.6) is 0 Å². The molecule has 0 bridgehead atoms. The number of hydrogen-bond donors (Lipinski definition) is 0. The Morgan fingerprint density at radius 3 is 2.00 bits per heavy atom. The van der Waals surface area contributed by atoms with Crippen LogP contribution in [0.15, 0.2) is 97.5 Å². The number of hydrogen-bond acceptors (Lipinski definition) is 3. The lowest BCUT2D eigenvalue weighted by molar-refractivity contribution is 0.632. The van der Waals surface area contributed by atoms with Crippen LogP contribution in [0.4, 0.5) is 17.1 Å². The molecule has 1 aliphatic heterocycles. The van der Waals surface area contributed by atoms with Crippen molar-refractivity contribution in [1.82, 2.24) is 14.5 Å². The topological polar surface area (TPSA) is 34.0 Å². The van der Waals surface area contributed by atoms with Crippen LogP contribution in [-0.2, 0) is 5.41 Å².